The Labute approximate surface area is 140 Å². The Kier molecular flexibility index (Phi) is 4.56. The van der Waals surface area contributed by atoms with Gasteiger partial charge in [0.2, 0.25) is 0 Å². The Bertz CT molecular complexity index is 813. The second-order valence-corrected chi connectivity index (χ2v) is 5.32. The Hall–Kier alpha value is -3.15. The number of benzene rings is 2. The van der Waals surface area contributed by atoms with E-state index in [4.69, 9.17) is 4.74 Å². The highest BCUT2D eigenvalue weighted by Gasteiger charge is 2.14. The Morgan fingerprint density at radius 3 is 2.58 bits per heavy atom. The number of rotatable bonds is 5. The normalized spacial score (nSPS) is 11.8. The van der Waals surface area contributed by atoms with Crippen molar-refractivity contribution in [3.05, 3.63) is 72.3 Å². The highest BCUT2D eigenvalue weighted by Crippen LogP contribution is 2.24. The summed E-state index contributed by atoms with van der Waals surface area (Å²) in [6, 6.07) is 14.7. The van der Waals surface area contributed by atoms with Gasteiger partial charge in [-0.05, 0) is 37.3 Å². The zero-order chi connectivity index (χ0) is 16.9. The molecule has 1 atom stereocenters. The molecule has 1 heterocycles. The molecule has 0 aliphatic heterocycles. The van der Waals surface area contributed by atoms with Crippen molar-refractivity contribution in [3.8, 4) is 11.4 Å². The van der Waals surface area contributed by atoms with E-state index in [1.54, 1.807) is 30.3 Å². The molecule has 3 aromatic rings. The van der Waals surface area contributed by atoms with Gasteiger partial charge in [-0.1, -0.05) is 18.2 Å². The molecule has 6 heteroatoms. The highest BCUT2D eigenvalue weighted by molar-refractivity contribution is 5.94. The molecule has 0 bridgehead atoms. The summed E-state index contributed by atoms with van der Waals surface area (Å²) in [5.74, 6) is 0.616. The van der Waals surface area contributed by atoms with Crippen molar-refractivity contribution in [2.75, 3.05) is 7.11 Å². The van der Waals surface area contributed by atoms with Crippen LogP contribution in [0.5, 0.6) is 5.75 Å². The fourth-order valence-corrected chi connectivity index (χ4v) is 2.49. The van der Waals surface area contributed by atoms with Crippen LogP contribution in [0, 0.1) is 0 Å². The standard InChI is InChI=1S/C18H18N4O2/c1-13(16-5-3-4-6-17(16)24-2)21-18(23)14-7-9-15(10-8-14)22-12-19-11-20-22/h3-13H,1-2H3,(H,21,23). The van der Waals surface area contributed by atoms with Gasteiger partial charge in [0, 0.05) is 11.1 Å². The van der Waals surface area contributed by atoms with Crippen molar-refractivity contribution in [1.82, 2.24) is 20.1 Å². The summed E-state index contributed by atoms with van der Waals surface area (Å²) < 4.78 is 6.98. The number of nitrogens with zero attached hydrogens (tertiary/aromatic N) is 3. The van der Waals surface area contributed by atoms with Gasteiger partial charge >= 0.3 is 0 Å². The average Bonchev–Trinajstić information content (AvgIpc) is 3.16. The van der Waals surface area contributed by atoms with Crippen molar-refractivity contribution in [2.45, 2.75) is 13.0 Å². The van der Waals surface area contributed by atoms with Crippen LogP contribution in [-0.4, -0.2) is 27.8 Å². The van der Waals surface area contributed by atoms with E-state index in [1.165, 1.54) is 6.33 Å². The minimum atomic E-state index is -0.163. The average molecular weight is 322 g/mol. The summed E-state index contributed by atoms with van der Waals surface area (Å²) in [4.78, 5) is 16.3. The van der Waals surface area contributed by atoms with Crippen molar-refractivity contribution in [3.63, 3.8) is 0 Å². The Morgan fingerprint density at radius 1 is 1.17 bits per heavy atom. The zero-order valence-electron chi connectivity index (χ0n) is 13.5. The second kappa shape index (κ2) is 6.95. The van der Waals surface area contributed by atoms with Crippen LogP contribution >= 0.6 is 0 Å². The van der Waals surface area contributed by atoms with Crippen molar-refractivity contribution in [2.24, 2.45) is 0 Å². The molecule has 2 aromatic carbocycles. The summed E-state index contributed by atoms with van der Waals surface area (Å²) in [6.45, 7) is 1.93. The number of carbonyl (C=O) groups excluding carboxylic acids is 1. The number of para-hydroxylation sites is 1. The molecule has 0 saturated heterocycles. The molecule has 122 valence electrons. The second-order valence-electron chi connectivity index (χ2n) is 5.32. The molecule has 24 heavy (non-hydrogen) atoms. The maximum Gasteiger partial charge on any atom is 0.251 e. The Morgan fingerprint density at radius 2 is 1.92 bits per heavy atom. The molecule has 0 saturated carbocycles. The molecule has 1 aromatic heterocycles. The quantitative estimate of drug-likeness (QED) is 0.784. The van der Waals surface area contributed by atoms with Gasteiger partial charge in [-0.3, -0.25) is 4.79 Å². The molecule has 0 spiro atoms. The monoisotopic (exact) mass is 322 g/mol. The summed E-state index contributed by atoms with van der Waals surface area (Å²) in [7, 11) is 1.62. The fourth-order valence-electron chi connectivity index (χ4n) is 2.49. The number of methoxy groups -OCH3 is 1. The first kappa shape index (κ1) is 15.7. The molecule has 3 rings (SSSR count). The van der Waals surface area contributed by atoms with E-state index in [0.29, 0.717) is 5.56 Å². The van der Waals surface area contributed by atoms with Crippen molar-refractivity contribution >= 4 is 5.91 Å². The van der Waals surface area contributed by atoms with Crippen molar-refractivity contribution < 1.29 is 9.53 Å². The topological polar surface area (TPSA) is 69.0 Å². The molecule has 1 unspecified atom stereocenters. The number of aromatic nitrogens is 3. The number of carbonyl (C=O) groups is 1. The third-order valence-corrected chi connectivity index (χ3v) is 3.77. The van der Waals surface area contributed by atoms with Crippen LogP contribution in [0.25, 0.3) is 5.69 Å². The first-order valence-electron chi connectivity index (χ1n) is 7.58. The van der Waals surface area contributed by atoms with Gasteiger partial charge < -0.3 is 10.1 Å². The van der Waals surface area contributed by atoms with E-state index < -0.39 is 0 Å². The largest absolute Gasteiger partial charge is 0.496 e. The van der Waals surface area contributed by atoms with E-state index in [9.17, 15) is 4.79 Å². The number of amides is 1. The predicted molar refractivity (Wildman–Crippen MR) is 90.2 cm³/mol. The number of hydrogen-bond donors (Lipinski definition) is 1. The van der Waals surface area contributed by atoms with Crippen LogP contribution < -0.4 is 10.1 Å². The van der Waals surface area contributed by atoms with E-state index in [-0.39, 0.29) is 11.9 Å². The zero-order valence-corrected chi connectivity index (χ0v) is 13.5. The number of ether oxygens (including phenoxy) is 1. The van der Waals surface area contributed by atoms with Gasteiger partial charge in [0.25, 0.3) is 5.91 Å². The minimum Gasteiger partial charge on any atom is -0.496 e. The maximum absolute atomic E-state index is 12.4. The van der Waals surface area contributed by atoms with Gasteiger partial charge in [-0.25, -0.2) is 9.67 Å². The molecule has 6 nitrogen and oxygen atoms in total. The molecular weight excluding hydrogens is 304 g/mol. The van der Waals surface area contributed by atoms with Gasteiger partial charge in [-0.15, -0.1) is 0 Å². The van der Waals surface area contributed by atoms with E-state index in [2.05, 4.69) is 15.4 Å². The Balaban J connectivity index is 1.72. The molecule has 1 amide bonds. The van der Waals surface area contributed by atoms with Crippen LogP contribution in [-0.2, 0) is 0 Å². The third-order valence-electron chi connectivity index (χ3n) is 3.77. The summed E-state index contributed by atoms with van der Waals surface area (Å²) in [6.07, 6.45) is 3.08. The molecular formula is C18H18N4O2. The van der Waals surface area contributed by atoms with E-state index >= 15 is 0 Å². The summed E-state index contributed by atoms with van der Waals surface area (Å²) >= 11 is 0. The summed E-state index contributed by atoms with van der Waals surface area (Å²) in [5, 5.41) is 7.05. The lowest BCUT2D eigenvalue weighted by molar-refractivity contribution is 0.0939. The lowest BCUT2D eigenvalue weighted by atomic mass is 10.1. The molecule has 1 N–H and O–H groups in total. The highest BCUT2D eigenvalue weighted by atomic mass is 16.5. The molecule has 0 radical (unpaired) electrons. The van der Waals surface area contributed by atoms with Crippen molar-refractivity contribution in [1.29, 1.82) is 0 Å². The molecule has 0 aliphatic rings. The van der Waals surface area contributed by atoms with Gasteiger partial charge in [-0.2, -0.15) is 5.10 Å². The first-order valence-corrected chi connectivity index (χ1v) is 7.58. The van der Waals surface area contributed by atoms with Gasteiger partial charge in [0.1, 0.15) is 18.4 Å². The SMILES string of the molecule is COc1ccccc1C(C)NC(=O)c1ccc(-n2cncn2)cc1. The van der Waals surface area contributed by atoms with E-state index in [1.807, 2.05) is 43.3 Å². The van der Waals surface area contributed by atoms with Crippen LogP contribution in [0.2, 0.25) is 0 Å². The molecule has 0 aliphatic carbocycles. The first-order chi connectivity index (χ1) is 11.7. The third kappa shape index (κ3) is 3.27. The molecule has 0 fully saturated rings. The predicted octanol–water partition coefficient (Wildman–Crippen LogP) is 2.77. The lowest BCUT2D eigenvalue weighted by Gasteiger charge is -2.17. The van der Waals surface area contributed by atoms with Gasteiger partial charge in [0.05, 0.1) is 18.8 Å². The van der Waals surface area contributed by atoms with Gasteiger partial charge in [0.15, 0.2) is 0 Å². The lowest BCUT2D eigenvalue weighted by Crippen LogP contribution is -2.26. The fraction of sp³-hybridized carbons (Fsp3) is 0.167. The van der Waals surface area contributed by atoms with Crippen LogP contribution in [0.3, 0.4) is 0 Å². The maximum atomic E-state index is 12.4. The number of nitrogens with one attached hydrogen (secondary N) is 1. The van der Waals surface area contributed by atoms with E-state index in [0.717, 1.165) is 17.0 Å². The minimum absolute atomic E-state index is 0.140. The van der Waals surface area contributed by atoms with Crippen LogP contribution in [0.15, 0.2) is 61.2 Å². The van der Waals surface area contributed by atoms with Crippen LogP contribution in [0.1, 0.15) is 28.9 Å². The number of hydrogen-bond acceptors (Lipinski definition) is 4. The van der Waals surface area contributed by atoms with Crippen LogP contribution in [0.4, 0.5) is 0 Å². The smallest absolute Gasteiger partial charge is 0.251 e. The summed E-state index contributed by atoms with van der Waals surface area (Å²) in [5.41, 5.74) is 2.37.